The van der Waals surface area contributed by atoms with Crippen LogP contribution in [0.2, 0.25) is 0 Å². The predicted molar refractivity (Wildman–Crippen MR) is 103 cm³/mol. The number of hydrogen-bond donors (Lipinski definition) is 2. The fourth-order valence-corrected chi connectivity index (χ4v) is 3.17. The Hall–Kier alpha value is -2.97. The maximum atomic E-state index is 14.5. The Morgan fingerprint density at radius 2 is 2.00 bits per heavy atom. The Labute approximate surface area is 160 Å². The molecule has 1 fully saturated rings. The molecule has 1 aliphatic heterocycles. The number of fused-ring (bicyclic) bond motifs is 1. The lowest BCUT2D eigenvalue weighted by Crippen LogP contribution is -2.30. The zero-order chi connectivity index (χ0) is 19.7. The van der Waals surface area contributed by atoms with Gasteiger partial charge in [0.15, 0.2) is 12.2 Å². The SMILES string of the molecule is CN(CC1OCCO1)c1ccc(N=Cc2c(O)[nH]c3cc(F)ccc23)cc1F. The van der Waals surface area contributed by atoms with Gasteiger partial charge in [-0.05, 0) is 30.3 Å². The van der Waals surface area contributed by atoms with E-state index in [0.717, 1.165) is 0 Å². The predicted octanol–water partition coefficient (Wildman–Crippen LogP) is 3.71. The quantitative estimate of drug-likeness (QED) is 0.655. The van der Waals surface area contributed by atoms with Crippen molar-refractivity contribution in [2.45, 2.75) is 6.29 Å². The van der Waals surface area contributed by atoms with Crippen molar-refractivity contribution in [3.8, 4) is 5.88 Å². The van der Waals surface area contributed by atoms with Gasteiger partial charge in [0.1, 0.15) is 11.6 Å². The molecule has 2 aromatic carbocycles. The van der Waals surface area contributed by atoms with Crippen LogP contribution in [0.15, 0.2) is 41.4 Å². The number of aromatic amines is 1. The van der Waals surface area contributed by atoms with E-state index in [1.54, 1.807) is 30.1 Å². The summed E-state index contributed by atoms with van der Waals surface area (Å²) in [7, 11) is 1.76. The second kappa shape index (κ2) is 7.57. The number of benzene rings is 2. The average molecular weight is 387 g/mol. The van der Waals surface area contributed by atoms with Gasteiger partial charge in [-0.3, -0.25) is 4.99 Å². The Kier molecular flexibility index (Phi) is 4.97. The first-order valence-corrected chi connectivity index (χ1v) is 8.79. The zero-order valence-electron chi connectivity index (χ0n) is 15.2. The maximum Gasteiger partial charge on any atom is 0.198 e. The molecule has 0 amide bonds. The van der Waals surface area contributed by atoms with Gasteiger partial charge in [0.05, 0.1) is 42.2 Å². The van der Waals surface area contributed by atoms with Gasteiger partial charge in [-0.25, -0.2) is 8.78 Å². The summed E-state index contributed by atoms with van der Waals surface area (Å²) in [6, 6.07) is 8.75. The third-order valence-electron chi connectivity index (χ3n) is 4.58. The normalized spacial score (nSPS) is 15.1. The maximum absolute atomic E-state index is 14.5. The Balaban J connectivity index is 1.54. The van der Waals surface area contributed by atoms with E-state index in [0.29, 0.717) is 47.6 Å². The van der Waals surface area contributed by atoms with Gasteiger partial charge < -0.3 is 24.5 Å². The number of hydrogen-bond acceptors (Lipinski definition) is 5. The van der Waals surface area contributed by atoms with Crippen molar-refractivity contribution in [3.63, 3.8) is 0 Å². The van der Waals surface area contributed by atoms with Gasteiger partial charge in [-0.2, -0.15) is 0 Å². The molecule has 0 aliphatic carbocycles. The summed E-state index contributed by atoms with van der Waals surface area (Å²) in [5.74, 6) is -0.967. The molecule has 146 valence electrons. The van der Waals surface area contributed by atoms with Gasteiger partial charge in [0.2, 0.25) is 0 Å². The number of aromatic hydroxyl groups is 1. The molecule has 0 unspecified atom stereocenters. The van der Waals surface area contributed by atoms with E-state index in [1.165, 1.54) is 24.4 Å². The standard InChI is InChI=1S/C20H19F2N3O3/c1-25(11-19-27-6-7-28-19)18-5-3-13(9-16(18)22)23-10-15-14-4-2-12(21)8-17(14)24-20(15)26/h2-5,8-10,19,24,26H,6-7,11H2,1H3. The van der Waals surface area contributed by atoms with Crippen molar-refractivity contribution in [2.24, 2.45) is 4.99 Å². The number of ether oxygens (including phenoxy) is 2. The molecule has 6 nitrogen and oxygen atoms in total. The molecular formula is C20H19F2N3O3. The average Bonchev–Trinajstić information content (AvgIpc) is 3.26. The number of likely N-dealkylation sites (N-methyl/N-ethyl adjacent to an activating group) is 1. The van der Waals surface area contributed by atoms with E-state index < -0.39 is 11.6 Å². The van der Waals surface area contributed by atoms with Crippen molar-refractivity contribution >= 4 is 28.5 Å². The molecule has 3 aromatic rings. The number of nitrogens with zero attached hydrogens (tertiary/aromatic N) is 2. The van der Waals surface area contributed by atoms with E-state index >= 15 is 0 Å². The number of aromatic nitrogens is 1. The second-order valence-electron chi connectivity index (χ2n) is 6.52. The number of H-pyrrole nitrogens is 1. The van der Waals surface area contributed by atoms with E-state index in [2.05, 4.69) is 9.98 Å². The van der Waals surface area contributed by atoms with Gasteiger partial charge in [-0.1, -0.05) is 0 Å². The summed E-state index contributed by atoms with van der Waals surface area (Å²) in [5.41, 5.74) is 1.66. The van der Waals surface area contributed by atoms with E-state index in [4.69, 9.17) is 9.47 Å². The smallest absolute Gasteiger partial charge is 0.198 e. The van der Waals surface area contributed by atoms with Crippen LogP contribution in [0.3, 0.4) is 0 Å². The van der Waals surface area contributed by atoms with Crippen LogP contribution in [0.4, 0.5) is 20.2 Å². The first kappa shape index (κ1) is 18.4. The minimum Gasteiger partial charge on any atom is -0.494 e. The topological polar surface area (TPSA) is 70.1 Å². The number of rotatable bonds is 5. The van der Waals surface area contributed by atoms with Crippen LogP contribution < -0.4 is 4.90 Å². The number of aliphatic imine (C=N–C) groups is 1. The fourth-order valence-electron chi connectivity index (χ4n) is 3.17. The molecular weight excluding hydrogens is 368 g/mol. The van der Waals surface area contributed by atoms with E-state index in [9.17, 15) is 13.9 Å². The van der Waals surface area contributed by atoms with Crippen molar-refractivity contribution in [1.82, 2.24) is 4.98 Å². The van der Waals surface area contributed by atoms with Gasteiger partial charge >= 0.3 is 0 Å². The number of halogens is 2. The lowest BCUT2D eigenvalue weighted by molar-refractivity contribution is -0.0336. The molecule has 2 N–H and O–H groups in total. The zero-order valence-corrected chi connectivity index (χ0v) is 15.2. The summed E-state index contributed by atoms with van der Waals surface area (Å²) in [6.07, 6.45) is 1.06. The van der Waals surface area contributed by atoms with Gasteiger partial charge in [0, 0.05) is 24.7 Å². The molecule has 0 bridgehead atoms. The minimum absolute atomic E-state index is 0.127. The van der Waals surface area contributed by atoms with Crippen molar-refractivity contribution in [2.75, 3.05) is 31.7 Å². The van der Waals surface area contributed by atoms with Crippen LogP contribution in [0, 0.1) is 11.6 Å². The molecule has 0 saturated carbocycles. The van der Waals surface area contributed by atoms with Crippen LogP contribution in [-0.4, -0.2) is 49.4 Å². The largest absolute Gasteiger partial charge is 0.494 e. The Morgan fingerprint density at radius 3 is 2.75 bits per heavy atom. The Morgan fingerprint density at radius 1 is 1.21 bits per heavy atom. The van der Waals surface area contributed by atoms with Crippen molar-refractivity contribution in [3.05, 3.63) is 53.6 Å². The molecule has 0 radical (unpaired) electrons. The highest BCUT2D eigenvalue weighted by molar-refractivity contribution is 6.02. The monoisotopic (exact) mass is 387 g/mol. The van der Waals surface area contributed by atoms with E-state index in [-0.39, 0.29) is 12.2 Å². The van der Waals surface area contributed by atoms with Crippen molar-refractivity contribution < 1.29 is 23.4 Å². The molecule has 28 heavy (non-hydrogen) atoms. The first-order chi connectivity index (χ1) is 13.5. The third kappa shape index (κ3) is 3.69. The molecule has 0 spiro atoms. The second-order valence-corrected chi connectivity index (χ2v) is 6.52. The molecule has 2 heterocycles. The molecule has 8 heteroatoms. The van der Waals surface area contributed by atoms with Crippen LogP contribution in [0.5, 0.6) is 5.88 Å². The van der Waals surface area contributed by atoms with Crippen molar-refractivity contribution in [1.29, 1.82) is 0 Å². The highest BCUT2D eigenvalue weighted by atomic mass is 19.1. The number of anilines is 1. The van der Waals surface area contributed by atoms with Crippen LogP contribution in [0.1, 0.15) is 5.56 Å². The minimum atomic E-state index is -0.430. The lowest BCUT2D eigenvalue weighted by Gasteiger charge is -2.22. The molecule has 1 aliphatic rings. The summed E-state index contributed by atoms with van der Waals surface area (Å²) in [4.78, 5) is 8.65. The van der Waals surface area contributed by atoms with E-state index in [1.807, 2.05) is 0 Å². The summed E-state index contributed by atoms with van der Waals surface area (Å²) < 4.78 is 38.6. The highest BCUT2D eigenvalue weighted by Gasteiger charge is 2.19. The molecule has 1 aromatic heterocycles. The van der Waals surface area contributed by atoms with Gasteiger partial charge in [0.25, 0.3) is 0 Å². The summed E-state index contributed by atoms with van der Waals surface area (Å²) in [6.45, 7) is 1.50. The molecule has 1 saturated heterocycles. The summed E-state index contributed by atoms with van der Waals surface area (Å²) >= 11 is 0. The lowest BCUT2D eigenvalue weighted by atomic mass is 10.2. The summed E-state index contributed by atoms with van der Waals surface area (Å²) in [5, 5.41) is 10.7. The van der Waals surface area contributed by atoms with Crippen LogP contribution in [0.25, 0.3) is 10.9 Å². The van der Waals surface area contributed by atoms with Gasteiger partial charge in [-0.15, -0.1) is 0 Å². The fraction of sp³-hybridized carbons (Fsp3) is 0.250. The first-order valence-electron chi connectivity index (χ1n) is 8.79. The molecule has 0 atom stereocenters. The molecule has 4 rings (SSSR count). The van der Waals surface area contributed by atoms with Crippen LogP contribution >= 0.6 is 0 Å². The van der Waals surface area contributed by atoms with Crippen LogP contribution in [-0.2, 0) is 9.47 Å². The Bertz CT molecular complexity index is 1030. The number of nitrogens with one attached hydrogen (secondary N) is 1. The third-order valence-corrected chi connectivity index (χ3v) is 4.58. The highest BCUT2D eigenvalue weighted by Crippen LogP contribution is 2.28.